The van der Waals surface area contributed by atoms with E-state index in [1.807, 2.05) is 74.5 Å². The van der Waals surface area contributed by atoms with E-state index in [4.69, 9.17) is 9.72 Å². The Bertz CT molecular complexity index is 1250. The largest absolute Gasteiger partial charge is 0.497 e. The SMILES string of the molecule is COc1cccc(NC(=O)c2cc(-c3ccc(C)cc3)nc3c(C)cc(Br)cc23)c1. The van der Waals surface area contributed by atoms with E-state index in [-0.39, 0.29) is 5.91 Å². The van der Waals surface area contributed by atoms with Crippen LogP contribution in [0, 0.1) is 13.8 Å². The third-order valence-electron chi connectivity index (χ3n) is 4.99. The summed E-state index contributed by atoms with van der Waals surface area (Å²) in [5.74, 6) is 0.493. The van der Waals surface area contributed by atoms with Crippen LogP contribution in [0.4, 0.5) is 5.69 Å². The molecule has 5 heteroatoms. The predicted octanol–water partition coefficient (Wildman–Crippen LogP) is 6.54. The van der Waals surface area contributed by atoms with Crippen molar-refractivity contribution < 1.29 is 9.53 Å². The molecule has 0 radical (unpaired) electrons. The number of pyridine rings is 1. The van der Waals surface area contributed by atoms with Gasteiger partial charge >= 0.3 is 0 Å². The van der Waals surface area contributed by atoms with Crippen molar-refractivity contribution in [1.29, 1.82) is 0 Å². The smallest absolute Gasteiger partial charge is 0.256 e. The van der Waals surface area contributed by atoms with Crippen molar-refractivity contribution in [2.45, 2.75) is 13.8 Å². The lowest BCUT2D eigenvalue weighted by atomic mass is 10.0. The molecule has 0 aliphatic rings. The van der Waals surface area contributed by atoms with Crippen molar-refractivity contribution in [3.05, 3.63) is 87.9 Å². The number of aryl methyl sites for hydroxylation is 2. The molecule has 0 aliphatic heterocycles. The van der Waals surface area contributed by atoms with Crippen LogP contribution < -0.4 is 10.1 Å². The first kappa shape index (κ1) is 20.1. The maximum Gasteiger partial charge on any atom is 0.256 e. The highest BCUT2D eigenvalue weighted by molar-refractivity contribution is 9.10. The summed E-state index contributed by atoms with van der Waals surface area (Å²) >= 11 is 3.55. The number of rotatable bonds is 4. The minimum absolute atomic E-state index is 0.193. The van der Waals surface area contributed by atoms with Gasteiger partial charge in [0.1, 0.15) is 5.75 Å². The van der Waals surface area contributed by atoms with Crippen LogP contribution in [-0.2, 0) is 0 Å². The Morgan fingerprint density at radius 2 is 1.77 bits per heavy atom. The molecule has 1 N–H and O–H groups in total. The van der Waals surface area contributed by atoms with Crippen LogP contribution in [0.5, 0.6) is 5.75 Å². The van der Waals surface area contributed by atoms with E-state index in [9.17, 15) is 4.79 Å². The molecule has 4 rings (SSSR count). The standard InChI is InChI=1S/C25H21BrN2O2/c1-15-7-9-17(10-8-15)23-14-22(21-12-18(26)11-16(2)24(21)28-23)25(29)27-19-5-4-6-20(13-19)30-3/h4-14H,1-3H3,(H,27,29). The normalized spacial score (nSPS) is 10.8. The lowest BCUT2D eigenvalue weighted by Crippen LogP contribution is -2.13. The van der Waals surface area contributed by atoms with Crippen LogP contribution in [-0.4, -0.2) is 18.0 Å². The third-order valence-corrected chi connectivity index (χ3v) is 5.45. The number of nitrogens with one attached hydrogen (secondary N) is 1. The Morgan fingerprint density at radius 1 is 1.00 bits per heavy atom. The van der Waals surface area contributed by atoms with Crippen LogP contribution in [0.1, 0.15) is 21.5 Å². The van der Waals surface area contributed by atoms with Gasteiger partial charge in [0, 0.05) is 27.2 Å². The van der Waals surface area contributed by atoms with E-state index >= 15 is 0 Å². The zero-order valence-electron chi connectivity index (χ0n) is 17.0. The first-order valence-electron chi connectivity index (χ1n) is 9.58. The molecule has 0 spiro atoms. The van der Waals surface area contributed by atoms with Crippen LogP contribution in [0.15, 0.2) is 71.2 Å². The molecule has 0 atom stereocenters. The molecular weight excluding hydrogens is 440 g/mol. The van der Waals surface area contributed by atoms with Gasteiger partial charge < -0.3 is 10.1 Å². The molecule has 4 aromatic rings. The first-order valence-corrected chi connectivity index (χ1v) is 10.4. The van der Waals surface area contributed by atoms with Crippen LogP contribution in [0.3, 0.4) is 0 Å². The zero-order chi connectivity index (χ0) is 21.3. The molecule has 3 aromatic carbocycles. The number of ether oxygens (including phenoxy) is 1. The molecule has 1 amide bonds. The maximum absolute atomic E-state index is 13.3. The number of halogens is 1. The molecule has 30 heavy (non-hydrogen) atoms. The van der Waals surface area contributed by atoms with Crippen molar-refractivity contribution in [2.75, 3.05) is 12.4 Å². The maximum atomic E-state index is 13.3. The highest BCUT2D eigenvalue weighted by Gasteiger charge is 2.16. The molecule has 0 fully saturated rings. The minimum Gasteiger partial charge on any atom is -0.497 e. The van der Waals surface area contributed by atoms with Gasteiger partial charge in [-0.1, -0.05) is 51.8 Å². The number of amides is 1. The summed E-state index contributed by atoms with van der Waals surface area (Å²) in [5.41, 5.74) is 5.98. The van der Waals surface area contributed by atoms with Gasteiger partial charge in [0.25, 0.3) is 5.91 Å². The molecule has 0 unspecified atom stereocenters. The number of carbonyl (C=O) groups excluding carboxylic acids is 1. The molecule has 0 aliphatic carbocycles. The number of nitrogens with zero attached hydrogens (tertiary/aromatic N) is 1. The highest BCUT2D eigenvalue weighted by atomic mass is 79.9. The summed E-state index contributed by atoms with van der Waals surface area (Å²) in [4.78, 5) is 18.2. The van der Waals surface area contributed by atoms with Gasteiger partial charge in [-0.15, -0.1) is 0 Å². The number of carbonyl (C=O) groups is 1. The van der Waals surface area contributed by atoms with Gasteiger partial charge in [-0.05, 0) is 49.7 Å². The second-order valence-corrected chi connectivity index (χ2v) is 8.14. The Morgan fingerprint density at radius 3 is 2.50 bits per heavy atom. The Hall–Kier alpha value is -3.18. The predicted molar refractivity (Wildman–Crippen MR) is 125 cm³/mol. The van der Waals surface area contributed by atoms with Crippen molar-refractivity contribution in [3.8, 4) is 17.0 Å². The summed E-state index contributed by atoms with van der Waals surface area (Å²) in [7, 11) is 1.60. The number of methoxy groups -OCH3 is 1. The topological polar surface area (TPSA) is 51.2 Å². The van der Waals surface area contributed by atoms with Crippen LogP contribution in [0.25, 0.3) is 22.2 Å². The van der Waals surface area contributed by atoms with Gasteiger partial charge in [-0.3, -0.25) is 4.79 Å². The monoisotopic (exact) mass is 460 g/mol. The lowest BCUT2D eigenvalue weighted by Gasteiger charge is -2.13. The Labute approximate surface area is 184 Å². The molecule has 0 saturated heterocycles. The van der Waals surface area contributed by atoms with Gasteiger partial charge in [0.2, 0.25) is 0 Å². The molecule has 0 bridgehead atoms. The quantitative estimate of drug-likeness (QED) is 0.375. The van der Waals surface area contributed by atoms with Crippen LogP contribution in [0.2, 0.25) is 0 Å². The zero-order valence-corrected chi connectivity index (χ0v) is 18.6. The first-order chi connectivity index (χ1) is 14.4. The Balaban J connectivity index is 1.85. The summed E-state index contributed by atoms with van der Waals surface area (Å²) < 4.78 is 6.17. The van der Waals surface area contributed by atoms with Crippen molar-refractivity contribution >= 4 is 38.4 Å². The van der Waals surface area contributed by atoms with E-state index in [1.165, 1.54) is 5.56 Å². The highest BCUT2D eigenvalue weighted by Crippen LogP contribution is 2.30. The van der Waals surface area contributed by atoms with Crippen molar-refractivity contribution in [1.82, 2.24) is 4.98 Å². The van der Waals surface area contributed by atoms with Crippen molar-refractivity contribution in [3.63, 3.8) is 0 Å². The summed E-state index contributed by atoms with van der Waals surface area (Å²) in [6, 6.07) is 21.3. The average Bonchev–Trinajstić information content (AvgIpc) is 2.74. The van der Waals surface area contributed by atoms with E-state index in [2.05, 4.69) is 21.2 Å². The number of hydrogen-bond acceptors (Lipinski definition) is 3. The average molecular weight is 461 g/mol. The summed E-state index contributed by atoms with van der Waals surface area (Å²) in [6.07, 6.45) is 0. The number of anilines is 1. The molecule has 150 valence electrons. The number of fused-ring (bicyclic) bond motifs is 1. The number of benzene rings is 3. The van der Waals surface area contributed by atoms with E-state index in [0.29, 0.717) is 17.0 Å². The third kappa shape index (κ3) is 4.07. The molecular formula is C25H21BrN2O2. The fourth-order valence-electron chi connectivity index (χ4n) is 3.42. The summed E-state index contributed by atoms with van der Waals surface area (Å²) in [6.45, 7) is 4.05. The fraction of sp³-hybridized carbons (Fsp3) is 0.120. The van der Waals surface area contributed by atoms with Gasteiger partial charge in [-0.2, -0.15) is 0 Å². The molecule has 1 heterocycles. The Kier molecular flexibility index (Phi) is 5.55. The van der Waals surface area contributed by atoms with E-state index < -0.39 is 0 Å². The minimum atomic E-state index is -0.193. The molecule has 1 aromatic heterocycles. The lowest BCUT2D eigenvalue weighted by molar-refractivity contribution is 0.102. The number of aromatic nitrogens is 1. The van der Waals surface area contributed by atoms with E-state index in [1.54, 1.807) is 13.2 Å². The fourth-order valence-corrected chi connectivity index (χ4v) is 3.99. The summed E-state index contributed by atoms with van der Waals surface area (Å²) in [5, 5.41) is 3.79. The van der Waals surface area contributed by atoms with Crippen LogP contribution >= 0.6 is 15.9 Å². The van der Waals surface area contributed by atoms with Crippen molar-refractivity contribution in [2.24, 2.45) is 0 Å². The van der Waals surface area contributed by atoms with Gasteiger partial charge in [0.05, 0.1) is 23.9 Å². The van der Waals surface area contributed by atoms with E-state index in [0.717, 1.165) is 32.2 Å². The number of hydrogen-bond donors (Lipinski definition) is 1. The second kappa shape index (κ2) is 8.28. The second-order valence-electron chi connectivity index (χ2n) is 7.23. The molecule has 0 saturated carbocycles. The van der Waals surface area contributed by atoms with Gasteiger partial charge in [-0.25, -0.2) is 4.98 Å². The van der Waals surface area contributed by atoms with Gasteiger partial charge in [0.15, 0.2) is 0 Å². The molecule has 4 nitrogen and oxygen atoms in total.